The molecule has 0 radical (unpaired) electrons. The van der Waals surface area contributed by atoms with Crippen molar-refractivity contribution in [1.29, 1.82) is 5.26 Å². The molecule has 1 aromatic rings. The molecule has 3 nitrogen and oxygen atoms in total. The van der Waals surface area contributed by atoms with Gasteiger partial charge in [-0.15, -0.1) is 11.8 Å². The Morgan fingerprint density at radius 2 is 2.19 bits per heavy atom. The molecule has 0 saturated heterocycles. The number of carbonyl (C=O) groups excluding carboxylic acids is 1. The van der Waals surface area contributed by atoms with Crippen LogP contribution in [0.4, 0.5) is 4.39 Å². The van der Waals surface area contributed by atoms with Gasteiger partial charge in [0.15, 0.2) is 0 Å². The molecule has 0 aliphatic rings. The van der Waals surface area contributed by atoms with Gasteiger partial charge >= 0.3 is 0 Å². The molecule has 0 aliphatic heterocycles. The highest BCUT2D eigenvalue weighted by Gasteiger charge is 2.27. The van der Waals surface area contributed by atoms with Gasteiger partial charge in [-0.1, -0.05) is 0 Å². The third-order valence-corrected chi connectivity index (χ3v) is 3.28. The number of rotatable bonds is 3. The lowest BCUT2D eigenvalue weighted by Crippen LogP contribution is -2.34. The Balaban J connectivity index is 3.00. The number of nitriles is 1. The van der Waals surface area contributed by atoms with Crippen molar-refractivity contribution < 1.29 is 9.18 Å². The molecule has 0 bridgehead atoms. The highest BCUT2D eigenvalue weighted by atomic mass is 32.2. The minimum absolute atomic E-state index is 0.249. The molecular weight excluding hydrogens is 227 g/mol. The summed E-state index contributed by atoms with van der Waals surface area (Å²) in [6, 6.07) is 5.96. The van der Waals surface area contributed by atoms with Crippen LogP contribution in [-0.4, -0.2) is 10.7 Å². The average Bonchev–Trinajstić information content (AvgIpc) is 2.20. The van der Waals surface area contributed by atoms with E-state index in [1.165, 1.54) is 12.1 Å². The summed E-state index contributed by atoms with van der Waals surface area (Å²) < 4.78 is 12.6. The minimum Gasteiger partial charge on any atom is -0.368 e. The van der Waals surface area contributed by atoms with E-state index in [0.29, 0.717) is 4.90 Å². The molecule has 0 heterocycles. The summed E-state index contributed by atoms with van der Waals surface area (Å²) in [5.74, 6) is -1.03. The zero-order valence-corrected chi connectivity index (χ0v) is 9.77. The van der Waals surface area contributed by atoms with Crippen molar-refractivity contribution in [2.24, 2.45) is 5.73 Å². The number of hydrogen-bond acceptors (Lipinski definition) is 3. The Hall–Kier alpha value is -1.54. The number of benzene rings is 1. The number of nitrogens with zero attached hydrogens (tertiary/aromatic N) is 1. The summed E-state index contributed by atoms with van der Waals surface area (Å²) in [5, 5.41) is 8.58. The first-order valence-corrected chi connectivity index (χ1v) is 5.37. The number of carbonyl (C=O) groups is 1. The standard InChI is InChI=1S/C11H11FN2OS/c1-11(2,10(14)15)16-9-4-3-7(6-13)5-8(9)12/h3-5H,1-2H3,(H2,14,15). The largest absolute Gasteiger partial charge is 0.368 e. The van der Waals surface area contributed by atoms with Gasteiger partial charge in [-0.25, -0.2) is 4.39 Å². The average molecular weight is 238 g/mol. The van der Waals surface area contributed by atoms with Crippen molar-refractivity contribution in [3.63, 3.8) is 0 Å². The molecule has 0 spiro atoms. The topological polar surface area (TPSA) is 66.9 Å². The Morgan fingerprint density at radius 3 is 2.62 bits per heavy atom. The van der Waals surface area contributed by atoms with E-state index in [-0.39, 0.29) is 5.56 Å². The number of thioether (sulfide) groups is 1. The first-order valence-electron chi connectivity index (χ1n) is 4.55. The quantitative estimate of drug-likeness (QED) is 0.819. The molecule has 0 unspecified atom stereocenters. The van der Waals surface area contributed by atoms with Gasteiger partial charge in [0.05, 0.1) is 16.4 Å². The van der Waals surface area contributed by atoms with Crippen LogP contribution >= 0.6 is 11.8 Å². The van der Waals surface area contributed by atoms with E-state index >= 15 is 0 Å². The molecule has 5 heteroatoms. The van der Waals surface area contributed by atoms with Crippen molar-refractivity contribution in [3.8, 4) is 6.07 Å². The normalized spacial score (nSPS) is 10.9. The van der Waals surface area contributed by atoms with Gasteiger partial charge in [0, 0.05) is 4.90 Å². The first kappa shape index (κ1) is 12.5. The molecular formula is C11H11FN2OS. The highest BCUT2D eigenvalue weighted by Crippen LogP contribution is 2.34. The number of primary amides is 1. The van der Waals surface area contributed by atoms with E-state index in [2.05, 4.69) is 0 Å². The second-order valence-electron chi connectivity index (χ2n) is 3.73. The summed E-state index contributed by atoms with van der Waals surface area (Å²) >= 11 is 1.04. The fourth-order valence-corrected chi connectivity index (χ4v) is 1.92. The van der Waals surface area contributed by atoms with Crippen LogP contribution in [0, 0.1) is 17.1 Å². The summed E-state index contributed by atoms with van der Waals surface area (Å²) in [6.45, 7) is 3.25. The Kier molecular flexibility index (Phi) is 3.55. The van der Waals surface area contributed by atoms with Crippen molar-refractivity contribution in [2.75, 3.05) is 0 Å². The predicted molar refractivity (Wildman–Crippen MR) is 60.2 cm³/mol. The first-order chi connectivity index (χ1) is 7.36. The molecule has 1 rings (SSSR count). The zero-order valence-electron chi connectivity index (χ0n) is 8.95. The highest BCUT2D eigenvalue weighted by molar-refractivity contribution is 8.01. The van der Waals surface area contributed by atoms with E-state index in [4.69, 9.17) is 11.0 Å². The molecule has 16 heavy (non-hydrogen) atoms. The predicted octanol–water partition coefficient (Wildman–Crippen LogP) is 2.05. The van der Waals surface area contributed by atoms with Crippen LogP contribution in [0.5, 0.6) is 0 Å². The van der Waals surface area contributed by atoms with E-state index in [1.807, 2.05) is 6.07 Å². The third-order valence-electron chi connectivity index (χ3n) is 2.02. The van der Waals surface area contributed by atoms with E-state index in [9.17, 15) is 9.18 Å². The fraction of sp³-hybridized carbons (Fsp3) is 0.273. The fourth-order valence-electron chi connectivity index (χ4n) is 0.978. The Labute approximate surface area is 97.4 Å². The summed E-state index contributed by atoms with van der Waals surface area (Å²) in [7, 11) is 0. The van der Waals surface area contributed by atoms with Crippen LogP contribution in [0.25, 0.3) is 0 Å². The lowest BCUT2D eigenvalue weighted by Gasteiger charge is -2.19. The van der Waals surface area contributed by atoms with Gasteiger partial charge in [0.2, 0.25) is 5.91 Å². The lowest BCUT2D eigenvalue weighted by atomic mass is 10.2. The number of amides is 1. The van der Waals surface area contributed by atoms with E-state index in [1.54, 1.807) is 13.8 Å². The lowest BCUT2D eigenvalue weighted by molar-refractivity contribution is -0.119. The molecule has 1 aromatic carbocycles. The van der Waals surface area contributed by atoms with E-state index in [0.717, 1.165) is 17.8 Å². The molecule has 0 atom stereocenters. The van der Waals surface area contributed by atoms with Gasteiger partial charge in [-0.3, -0.25) is 4.79 Å². The minimum atomic E-state index is -0.880. The second kappa shape index (κ2) is 4.54. The number of halogens is 1. The van der Waals surface area contributed by atoms with Crippen molar-refractivity contribution >= 4 is 17.7 Å². The van der Waals surface area contributed by atoms with Gasteiger partial charge < -0.3 is 5.73 Å². The number of nitrogens with two attached hydrogens (primary N) is 1. The Bertz CT molecular complexity index is 466. The molecule has 0 aromatic heterocycles. The third kappa shape index (κ3) is 2.74. The van der Waals surface area contributed by atoms with Crippen molar-refractivity contribution in [1.82, 2.24) is 0 Å². The van der Waals surface area contributed by atoms with Crippen LogP contribution in [0.1, 0.15) is 19.4 Å². The maximum absolute atomic E-state index is 13.5. The van der Waals surface area contributed by atoms with Crippen LogP contribution in [0.3, 0.4) is 0 Å². The monoisotopic (exact) mass is 238 g/mol. The molecule has 1 amide bonds. The summed E-state index contributed by atoms with van der Waals surface area (Å²) in [5.41, 5.74) is 5.44. The van der Waals surface area contributed by atoms with Gasteiger partial charge in [0.25, 0.3) is 0 Å². The number of hydrogen-bond donors (Lipinski definition) is 1. The van der Waals surface area contributed by atoms with Gasteiger partial charge in [-0.2, -0.15) is 5.26 Å². The SMILES string of the molecule is CC(C)(Sc1ccc(C#N)cc1F)C(N)=O. The summed E-state index contributed by atoms with van der Waals surface area (Å²) in [6.07, 6.45) is 0. The van der Waals surface area contributed by atoms with Gasteiger partial charge in [-0.05, 0) is 32.0 Å². The van der Waals surface area contributed by atoms with E-state index < -0.39 is 16.5 Å². The van der Waals surface area contributed by atoms with Crippen LogP contribution in [0.2, 0.25) is 0 Å². The van der Waals surface area contributed by atoms with Crippen LogP contribution in [0.15, 0.2) is 23.1 Å². The molecule has 0 aliphatic carbocycles. The molecule has 2 N–H and O–H groups in total. The second-order valence-corrected chi connectivity index (χ2v) is 5.40. The van der Waals surface area contributed by atoms with Crippen molar-refractivity contribution in [3.05, 3.63) is 29.6 Å². The smallest absolute Gasteiger partial charge is 0.233 e. The Morgan fingerprint density at radius 1 is 1.56 bits per heavy atom. The maximum Gasteiger partial charge on any atom is 0.233 e. The zero-order chi connectivity index (χ0) is 12.3. The molecule has 84 valence electrons. The summed E-state index contributed by atoms with van der Waals surface area (Å²) in [4.78, 5) is 11.4. The maximum atomic E-state index is 13.5. The van der Waals surface area contributed by atoms with Gasteiger partial charge in [0.1, 0.15) is 5.82 Å². The molecule has 0 fully saturated rings. The van der Waals surface area contributed by atoms with Crippen molar-refractivity contribution in [2.45, 2.75) is 23.5 Å². The molecule has 0 saturated carbocycles. The van der Waals surface area contributed by atoms with Crippen LogP contribution < -0.4 is 5.73 Å². The van der Waals surface area contributed by atoms with Crippen LogP contribution in [-0.2, 0) is 4.79 Å².